The van der Waals surface area contributed by atoms with Crippen LogP contribution in [0.1, 0.15) is 24.1 Å². The van der Waals surface area contributed by atoms with E-state index in [4.69, 9.17) is 9.15 Å². The number of nitrogens with zero attached hydrogens (tertiary/aromatic N) is 3. The van der Waals surface area contributed by atoms with Crippen molar-refractivity contribution in [2.45, 2.75) is 19.9 Å². The molecule has 0 saturated heterocycles. The Morgan fingerprint density at radius 1 is 1.21 bits per heavy atom. The average molecular weight is 418 g/mol. The Bertz CT molecular complexity index is 917. The predicted octanol–water partition coefficient (Wildman–Crippen LogP) is 3.85. The van der Waals surface area contributed by atoms with E-state index >= 15 is 0 Å². The second-order valence-electron chi connectivity index (χ2n) is 5.75. The van der Waals surface area contributed by atoms with Crippen LogP contribution < -0.4 is 0 Å². The Balaban J connectivity index is 1.54. The second-order valence-corrected chi connectivity index (χ2v) is 7.68. The molecule has 0 bridgehead atoms. The van der Waals surface area contributed by atoms with Crippen molar-refractivity contribution in [3.05, 3.63) is 51.9 Å². The summed E-state index contributed by atoms with van der Waals surface area (Å²) in [4.78, 5) is 27.6. The molecule has 7 nitrogen and oxygen atoms in total. The van der Waals surface area contributed by atoms with Crippen LogP contribution in [0.15, 0.2) is 45.5 Å². The smallest absolute Gasteiger partial charge is 0.331 e. The molecule has 0 N–H and O–H groups in total. The number of hydrogen-bond acceptors (Lipinski definition) is 8. The second kappa shape index (κ2) is 9.95. The van der Waals surface area contributed by atoms with Gasteiger partial charge < -0.3 is 14.1 Å². The Labute approximate surface area is 170 Å². The molecule has 0 fully saturated rings. The molecule has 146 valence electrons. The summed E-state index contributed by atoms with van der Waals surface area (Å²) in [6, 6.07) is 7.57. The minimum atomic E-state index is -0.559. The minimum Gasteiger partial charge on any atom is -0.452 e. The molecule has 0 aliphatic rings. The highest BCUT2D eigenvalue weighted by molar-refractivity contribution is 7.13. The van der Waals surface area contributed by atoms with Gasteiger partial charge in [0.15, 0.2) is 6.61 Å². The monoisotopic (exact) mass is 417 g/mol. The number of carbonyl (C=O) groups is 2. The van der Waals surface area contributed by atoms with E-state index in [-0.39, 0.29) is 19.1 Å². The molecule has 0 atom stereocenters. The summed E-state index contributed by atoms with van der Waals surface area (Å²) >= 11 is 3.01. The van der Waals surface area contributed by atoms with Crippen LogP contribution in [0, 0.1) is 0 Å². The molecule has 1 amide bonds. The van der Waals surface area contributed by atoms with Crippen LogP contribution in [-0.4, -0.2) is 40.1 Å². The zero-order valence-electron chi connectivity index (χ0n) is 15.2. The number of amides is 1. The number of esters is 1. The molecule has 9 heteroatoms. The first-order valence-corrected chi connectivity index (χ1v) is 10.4. The van der Waals surface area contributed by atoms with Gasteiger partial charge in [-0.2, -0.15) is 0 Å². The molecular weight excluding hydrogens is 398 g/mol. The third-order valence-electron chi connectivity index (χ3n) is 3.64. The lowest BCUT2D eigenvalue weighted by molar-refractivity contribution is -0.148. The maximum atomic E-state index is 12.4. The molecule has 0 aromatic carbocycles. The van der Waals surface area contributed by atoms with Crippen molar-refractivity contribution in [2.24, 2.45) is 0 Å². The van der Waals surface area contributed by atoms with E-state index < -0.39 is 5.97 Å². The molecule has 3 aromatic heterocycles. The minimum absolute atomic E-state index is 0.174. The fraction of sp³-hybridized carbons (Fsp3) is 0.263. The summed E-state index contributed by atoms with van der Waals surface area (Å²) in [5.74, 6) is -0.0975. The average Bonchev–Trinajstić information content (AvgIpc) is 3.46. The lowest BCUT2D eigenvalue weighted by atomic mass is 10.4. The summed E-state index contributed by atoms with van der Waals surface area (Å²) in [6.45, 7) is 2.30. The largest absolute Gasteiger partial charge is 0.452 e. The number of carbonyl (C=O) groups excluding carboxylic acids is 2. The fourth-order valence-corrected chi connectivity index (χ4v) is 3.61. The molecule has 0 aliphatic heterocycles. The van der Waals surface area contributed by atoms with Crippen molar-refractivity contribution in [3.8, 4) is 10.8 Å². The van der Waals surface area contributed by atoms with E-state index in [1.807, 2.05) is 41.9 Å². The molecule has 0 spiro atoms. The molecule has 0 radical (unpaired) electrons. The van der Waals surface area contributed by atoms with E-state index in [2.05, 4.69) is 10.2 Å². The third kappa shape index (κ3) is 5.61. The van der Waals surface area contributed by atoms with Crippen LogP contribution in [0.25, 0.3) is 16.8 Å². The highest BCUT2D eigenvalue weighted by Gasteiger charge is 2.18. The molecule has 0 unspecified atom stereocenters. The van der Waals surface area contributed by atoms with E-state index in [0.29, 0.717) is 18.3 Å². The fourth-order valence-electron chi connectivity index (χ4n) is 2.35. The van der Waals surface area contributed by atoms with Crippen LogP contribution in [0.5, 0.6) is 0 Å². The van der Waals surface area contributed by atoms with Gasteiger partial charge in [0.2, 0.25) is 5.89 Å². The molecule has 28 heavy (non-hydrogen) atoms. The van der Waals surface area contributed by atoms with Crippen LogP contribution in [0.3, 0.4) is 0 Å². The molecule has 0 saturated carbocycles. The van der Waals surface area contributed by atoms with Gasteiger partial charge in [0.05, 0.1) is 11.4 Å². The van der Waals surface area contributed by atoms with E-state index in [1.54, 1.807) is 11.0 Å². The molecular formula is C19H19N3O4S2. The summed E-state index contributed by atoms with van der Waals surface area (Å²) in [5.41, 5.74) is 0. The quantitative estimate of drug-likeness (QED) is 0.388. The summed E-state index contributed by atoms with van der Waals surface area (Å²) < 4.78 is 10.7. The number of rotatable bonds is 9. The van der Waals surface area contributed by atoms with Crippen molar-refractivity contribution >= 4 is 40.6 Å². The third-order valence-corrected chi connectivity index (χ3v) is 5.33. The van der Waals surface area contributed by atoms with Gasteiger partial charge in [-0.25, -0.2) is 4.79 Å². The zero-order valence-corrected chi connectivity index (χ0v) is 16.9. The SMILES string of the molecule is CCCN(Cc1nnc(-c2cccs2)o1)C(=O)COC(=O)/C=C/c1cccs1. The van der Waals surface area contributed by atoms with Crippen LogP contribution in [0.2, 0.25) is 0 Å². The van der Waals surface area contributed by atoms with Crippen molar-refractivity contribution in [2.75, 3.05) is 13.2 Å². The van der Waals surface area contributed by atoms with Crippen LogP contribution in [-0.2, 0) is 20.9 Å². The van der Waals surface area contributed by atoms with Crippen LogP contribution in [0.4, 0.5) is 0 Å². The predicted molar refractivity (Wildman–Crippen MR) is 108 cm³/mol. The van der Waals surface area contributed by atoms with Gasteiger partial charge >= 0.3 is 5.97 Å². The van der Waals surface area contributed by atoms with Gasteiger partial charge in [0.1, 0.15) is 0 Å². The molecule has 0 aliphatic carbocycles. The number of hydrogen-bond donors (Lipinski definition) is 0. The van der Waals surface area contributed by atoms with Gasteiger partial charge in [0.25, 0.3) is 11.8 Å². The molecule has 3 rings (SSSR count). The van der Waals surface area contributed by atoms with Crippen molar-refractivity contribution in [1.82, 2.24) is 15.1 Å². The maximum absolute atomic E-state index is 12.4. The Hall–Kier alpha value is -2.78. The lowest BCUT2D eigenvalue weighted by Crippen LogP contribution is -2.34. The molecule has 3 aromatic rings. The number of aromatic nitrogens is 2. The first kappa shape index (κ1) is 20.0. The van der Waals surface area contributed by atoms with Crippen molar-refractivity contribution < 1.29 is 18.7 Å². The number of ether oxygens (including phenoxy) is 1. The highest BCUT2D eigenvalue weighted by Crippen LogP contribution is 2.23. The Kier molecular flexibility index (Phi) is 7.10. The Morgan fingerprint density at radius 3 is 2.75 bits per heavy atom. The van der Waals surface area contributed by atoms with Gasteiger partial charge in [-0.1, -0.05) is 19.1 Å². The summed E-state index contributed by atoms with van der Waals surface area (Å²) in [7, 11) is 0. The zero-order chi connectivity index (χ0) is 19.8. The van der Waals surface area contributed by atoms with E-state index in [9.17, 15) is 9.59 Å². The maximum Gasteiger partial charge on any atom is 0.331 e. The first-order valence-electron chi connectivity index (χ1n) is 8.68. The van der Waals surface area contributed by atoms with Gasteiger partial charge in [-0.05, 0) is 35.4 Å². The van der Waals surface area contributed by atoms with Gasteiger partial charge in [-0.3, -0.25) is 4.79 Å². The lowest BCUT2D eigenvalue weighted by Gasteiger charge is -2.19. The van der Waals surface area contributed by atoms with Gasteiger partial charge in [-0.15, -0.1) is 32.9 Å². The van der Waals surface area contributed by atoms with Crippen molar-refractivity contribution in [3.63, 3.8) is 0 Å². The van der Waals surface area contributed by atoms with Crippen molar-refractivity contribution in [1.29, 1.82) is 0 Å². The summed E-state index contributed by atoms with van der Waals surface area (Å²) in [5, 5.41) is 11.9. The number of thiophene rings is 2. The highest BCUT2D eigenvalue weighted by atomic mass is 32.1. The molecule has 3 heterocycles. The standard InChI is InChI=1S/C19H19N3O4S2/c1-2-9-22(12-16-20-21-19(26-16)15-6-4-11-28-15)17(23)13-25-18(24)8-7-14-5-3-10-27-14/h3-8,10-11H,2,9,12-13H2,1H3/b8-7+. The summed E-state index contributed by atoms with van der Waals surface area (Å²) in [6.07, 6.45) is 3.73. The van der Waals surface area contributed by atoms with E-state index in [1.165, 1.54) is 28.7 Å². The van der Waals surface area contributed by atoms with Gasteiger partial charge in [0, 0.05) is 17.5 Å². The first-order chi connectivity index (χ1) is 13.7. The normalized spacial score (nSPS) is 11.0. The Morgan fingerprint density at radius 2 is 2.04 bits per heavy atom. The topological polar surface area (TPSA) is 85.5 Å². The van der Waals surface area contributed by atoms with E-state index in [0.717, 1.165) is 16.2 Å². The van der Waals surface area contributed by atoms with Crippen LogP contribution >= 0.6 is 22.7 Å².